The van der Waals surface area contributed by atoms with Gasteiger partial charge in [-0.1, -0.05) is 30.3 Å². The molecular weight excluding hydrogens is 330 g/mol. The van der Waals surface area contributed by atoms with Crippen LogP contribution in [0.1, 0.15) is 24.1 Å². The van der Waals surface area contributed by atoms with E-state index in [-0.39, 0.29) is 24.3 Å². The standard InChI is InChI=1S/C19H17N5O2/c1-13(15-9-7-14(11-20)8-10-15)22-19(26)18-21-12-17(25)24(23-18)16-5-3-2-4-6-16/h2-10,13H,12H2,1H3,(H,21,23)(H,22,26)/t13-/m1/s1. The summed E-state index contributed by atoms with van der Waals surface area (Å²) in [6.45, 7) is 1.73. The monoisotopic (exact) mass is 347 g/mol. The number of hydrazine groups is 1. The van der Waals surface area contributed by atoms with Crippen LogP contribution in [0, 0.1) is 11.3 Å². The van der Waals surface area contributed by atoms with Gasteiger partial charge in [-0.15, -0.1) is 0 Å². The number of nitrogens with zero attached hydrogens (tertiary/aromatic N) is 3. The van der Waals surface area contributed by atoms with Crippen molar-refractivity contribution in [2.45, 2.75) is 13.0 Å². The number of para-hydroxylation sites is 1. The SMILES string of the molecule is C[C@@H](NC(=O)C1=NCC(=O)N(c2ccccc2)N1)c1ccc(C#N)cc1. The largest absolute Gasteiger partial charge is 0.343 e. The lowest BCUT2D eigenvalue weighted by Gasteiger charge is -2.28. The summed E-state index contributed by atoms with van der Waals surface area (Å²) in [4.78, 5) is 28.6. The number of nitriles is 1. The van der Waals surface area contributed by atoms with Crippen molar-refractivity contribution in [2.75, 3.05) is 11.6 Å². The summed E-state index contributed by atoms with van der Waals surface area (Å²) < 4.78 is 0. The first-order chi connectivity index (χ1) is 12.6. The maximum atomic E-state index is 12.5. The van der Waals surface area contributed by atoms with E-state index in [0.29, 0.717) is 11.3 Å². The van der Waals surface area contributed by atoms with Crippen molar-refractivity contribution in [3.05, 3.63) is 65.7 Å². The van der Waals surface area contributed by atoms with Gasteiger partial charge in [-0.25, -0.2) is 5.01 Å². The van der Waals surface area contributed by atoms with Crippen molar-refractivity contribution in [2.24, 2.45) is 4.99 Å². The van der Waals surface area contributed by atoms with Crippen molar-refractivity contribution in [1.82, 2.24) is 10.7 Å². The lowest BCUT2D eigenvalue weighted by atomic mass is 10.1. The van der Waals surface area contributed by atoms with Gasteiger partial charge in [-0.3, -0.25) is 20.0 Å². The molecule has 0 saturated heterocycles. The summed E-state index contributed by atoms with van der Waals surface area (Å²) in [5, 5.41) is 13.0. The van der Waals surface area contributed by atoms with Crippen LogP contribution in [0.4, 0.5) is 5.69 Å². The molecule has 0 saturated carbocycles. The minimum Gasteiger partial charge on any atom is -0.343 e. The molecule has 0 aromatic heterocycles. The number of carbonyl (C=O) groups excluding carboxylic acids is 2. The Balaban J connectivity index is 1.69. The molecule has 1 aliphatic rings. The molecule has 2 amide bonds. The molecule has 1 heterocycles. The van der Waals surface area contributed by atoms with E-state index in [1.54, 1.807) is 36.4 Å². The number of hydrogen-bond donors (Lipinski definition) is 2. The second kappa shape index (κ2) is 7.49. The van der Waals surface area contributed by atoms with Gasteiger partial charge in [0.15, 0.2) is 0 Å². The Kier molecular flexibility index (Phi) is 4.94. The molecule has 2 N–H and O–H groups in total. The maximum Gasteiger partial charge on any atom is 0.288 e. The van der Waals surface area contributed by atoms with Crippen molar-refractivity contribution in [1.29, 1.82) is 5.26 Å². The summed E-state index contributed by atoms with van der Waals surface area (Å²) >= 11 is 0. The number of benzene rings is 2. The van der Waals surface area contributed by atoms with Gasteiger partial charge in [0.05, 0.1) is 23.4 Å². The highest BCUT2D eigenvalue weighted by atomic mass is 16.2. The molecule has 1 aliphatic heterocycles. The van der Waals surface area contributed by atoms with Crippen LogP contribution >= 0.6 is 0 Å². The quantitative estimate of drug-likeness (QED) is 0.879. The Morgan fingerprint density at radius 2 is 1.92 bits per heavy atom. The Morgan fingerprint density at radius 3 is 2.58 bits per heavy atom. The van der Waals surface area contributed by atoms with Gasteiger partial charge in [0.25, 0.3) is 11.8 Å². The molecule has 0 spiro atoms. The molecule has 0 bridgehead atoms. The van der Waals surface area contributed by atoms with Crippen molar-refractivity contribution < 1.29 is 9.59 Å². The topological polar surface area (TPSA) is 97.6 Å². The normalized spacial score (nSPS) is 14.7. The molecular formula is C19H17N5O2. The minimum absolute atomic E-state index is 0.0777. The molecule has 0 fully saturated rings. The predicted octanol–water partition coefficient (Wildman–Crippen LogP) is 1.69. The predicted molar refractivity (Wildman–Crippen MR) is 97.1 cm³/mol. The fourth-order valence-corrected chi connectivity index (χ4v) is 2.52. The third-order valence-electron chi connectivity index (χ3n) is 3.96. The summed E-state index contributed by atoms with van der Waals surface area (Å²) in [6, 6.07) is 17.8. The van der Waals surface area contributed by atoms with E-state index in [2.05, 4.69) is 21.8 Å². The highest BCUT2D eigenvalue weighted by molar-refractivity contribution is 6.39. The van der Waals surface area contributed by atoms with E-state index in [9.17, 15) is 9.59 Å². The van der Waals surface area contributed by atoms with Crippen molar-refractivity contribution >= 4 is 23.3 Å². The molecule has 1 atom stereocenters. The van der Waals surface area contributed by atoms with E-state index < -0.39 is 5.91 Å². The second-order valence-electron chi connectivity index (χ2n) is 5.77. The zero-order valence-corrected chi connectivity index (χ0v) is 14.1. The number of nitrogens with one attached hydrogen (secondary N) is 2. The number of amides is 2. The molecule has 7 heteroatoms. The molecule has 3 rings (SSSR count). The number of aliphatic imine (C=N–C) groups is 1. The highest BCUT2D eigenvalue weighted by Gasteiger charge is 2.26. The lowest BCUT2D eigenvalue weighted by molar-refractivity contribution is -0.118. The molecule has 0 aliphatic carbocycles. The average Bonchev–Trinajstić information content (AvgIpc) is 2.69. The van der Waals surface area contributed by atoms with Gasteiger partial charge in [0.1, 0.15) is 6.54 Å². The fraction of sp³-hybridized carbons (Fsp3) is 0.158. The fourth-order valence-electron chi connectivity index (χ4n) is 2.52. The molecule has 2 aromatic rings. The van der Waals surface area contributed by atoms with E-state index >= 15 is 0 Å². The molecule has 130 valence electrons. The first-order valence-electron chi connectivity index (χ1n) is 8.08. The number of carbonyl (C=O) groups is 2. The van der Waals surface area contributed by atoms with Gasteiger partial charge in [0, 0.05) is 0 Å². The summed E-state index contributed by atoms with van der Waals surface area (Å²) in [7, 11) is 0. The van der Waals surface area contributed by atoms with Crippen molar-refractivity contribution in [3.8, 4) is 6.07 Å². The number of anilines is 1. The minimum atomic E-state index is -0.407. The second-order valence-corrected chi connectivity index (χ2v) is 5.77. The molecule has 2 aromatic carbocycles. The summed E-state index contributed by atoms with van der Waals surface area (Å²) in [6.07, 6.45) is 0. The zero-order chi connectivity index (χ0) is 18.5. The first-order valence-corrected chi connectivity index (χ1v) is 8.08. The van der Waals surface area contributed by atoms with Gasteiger partial charge < -0.3 is 5.32 Å². The maximum absolute atomic E-state index is 12.5. The van der Waals surface area contributed by atoms with Crippen LogP contribution in [-0.2, 0) is 9.59 Å². The van der Waals surface area contributed by atoms with Gasteiger partial charge in [-0.05, 0) is 36.8 Å². The van der Waals surface area contributed by atoms with E-state index in [0.717, 1.165) is 5.56 Å². The number of hydrogen-bond acceptors (Lipinski definition) is 5. The smallest absolute Gasteiger partial charge is 0.288 e. The van der Waals surface area contributed by atoms with Crippen LogP contribution in [0.15, 0.2) is 59.6 Å². The average molecular weight is 347 g/mol. The number of amidine groups is 1. The van der Waals surface area contributed by atoms with Crippen LogP contribution in [0.2, 0.25) is 0 Å². The van der Waals surface area contributed by atoms with Crippen LogP contribution in [0.25, 0.3) is 0 Å². The van der Waals surface area contributed by atoms with Gasteiger partial charge >= 0.3 is 0 Å². The molecule has 26 heavy (non-hydrogen) atoms. The van der Waals surface area contributed by atoms with E-state index in [1.807, 2.05) is 25.1 Å². The Morgan fingerprint density at radius 1 is 1.23 bits per heavy atom. The van der Waals surface area contributed by atoms with E-state index in [4.69, 9.17) is 5.26 Å². The highest BCUT2D eigenvalue weighted by Crippen LogP contribution is 2.15. The number of rotatable bonds is 4. The van der Waals surface area contributed by atoms with Gasteiger partial charge in [-0.2, -0.15) is 5.26 Å². The van der Waals surface area contributed by atoms with Crippen LogP contribution < -0.4 is 15.8 Å². The molecule has 7 nitrogen and oxygen atoms in total. The van der Waals surface area contributed by atoms with Crippen molar-refractivity contribution in [3.63, 3.8) is 0 Å². The van der Waals surface area contributed by atoms with Crippen LogP contribution in [-0.4, -0.2) is 24.2 Å². The third-order valence-corrected chi connectivity index (χ3v) is 3.96. The summed E-state index contributed by atoms with van der Waals surface area (Å²) in [5.41, 5.74) is 4.83. The molecule has 0 radical (unpaired) electrons. The Hall–Kier alpha value is -3.66. The van der Waals surface area contributed by atoms with Crippen LogP contribution in [0.5, 0.6) is 0 Å². The Bertz CT molecular complexity index is 884. The molecule has 0 unspecified atom stereocenters. The first kappa shape index (κ1) is 17.2. The summed E-state index contributed by atoms with van der Waals surface area (Å²) in [5.74, 6) is -0.572. The van der Waals surface area contributed by atoms with Gasteiger partial charge in [0.2, 0.25) is 5.84 Å². The van der Waals surface area contributed by atoms with Crippen LogP contribution in [0.3, 0.4) is 0 Å². The Labute approximate surface area is 150 Å². The lowest BCUT2D eigenvalue weighted by Crippen LogP contribution is -2.56. The van der Waals surface area contributed by atoms with E-state index in [1.165, 1.54) is 5.01 Å². The zero-order valence-electron chi connectivity index (χ0n) is 14.1. The third kappa shape index (κ3) is 3.70.